The standard InChI is InChI=1S/C13H13Cl2FN2S/c1-8(17-3-2-13-18-4-5-19-13)9-6-12(16)11(15)7-10(9)14/h4-8,17H,2-3H2,1H3. The van der Waals surface area contributed by atoms with Gasteiger partial charge >= 0.3 is 0 Å². The quantitative estimate of drug-likeness (QED) is 0.822. The number of nitrogens with zero attached hydrogens (tertiary/aromatic N) is 1. The number of hydrogen-bond acceptors (Lipinski definition) is 3. The predicted octanol–water partition coefficient (Wildman–Crippen LogP) is 4.48. The molecule has 0 bridgehead atoms. The van der Waals surface area contributed by atoms with Crippen molar-refractivity contribution in [3.05, 3.63) is 50.1 Å². The third-order valence-electron chi connectivity index (χ3n) is 2.78. The number of rotatable bonds is 5. The minimum Gasteiger partial charge on any atom is -0.310 e. The molecule has 0 aliphatic rings. The fourth-order valence-corrected chi connectivity index (χ4v) is 2.92. The lowest BCUT2D eigenvalue weighted by atomic mass is 10.1. The summed E-state index contributed by atoms with van der Waals surface area (Å²) in [5.74, 6) is -0.449. The predicted molar refractivity (Wildman–Crippen MR) is 78.7 cm³/mol. The lowest BCUT2D eigenvalue weighted by Crippen LogP contribution is -2.21. The number of nitrogens with one attached hydrogen (secondary N) is 1. The summed E-state index contributed by atoms with van der Waals surface area (Å²) in [6.45, 7) is 2.70. The van der Waals surface area contributed by atoms with Gasteiger partial charge in [0.15, 0.2) is 0 Å². The maximum atomic E-state index is 13.4. The molecule has 0 saturated heterocycles. The van der Waals surface area contributed by atoms with Crippen LogP contribution in [0, 0.1) is 5.82 Å². The van der Waals surface area contributed by atoms with E-state index in [-0.39, 0.29) is 11.1 Å². The van der Waals surface area contributed by atoms with Crippen molar-refractivity contribution in [2.24, 2.45) is 0 Å². The molecule has 0 fully saturated rings. The van der Waals surface area contributed by atoms with Crippen molar-refractivity contribution in [2.75, 3.05) is 6.54 Å². The first kappa shape index (κ1) is 14.7. The highest BCUT2D eigenvalue weighted by Gasteiger charge is 2.13. The van der Waals surface area contributed by atoms with Gasteiger partial charge in [-0.2, -0.15) is 0 Å². The average molecular weight is 319 g/mol. The zero-order valence-electron chi connectivity index (χ0n) is 10.3. The smallest absolute Gasteiger partial charge is 0.142 e. The Morgan fingerprint density at radius 1 is 1.37 bits per heavy atom. The van der Waals surface area contributed by atoms with E-state index in [9.17, 15) is 4.39 Å². The second-order valence-corrected chi connectivity index (χ2v) is 5.93. The zero-order valence-corrected chi connectivity index (χ0v) is 12.6. The van der Waals surface area contributed by atoms with E-state index >= 15 is 0 Å². The maximum Gasteiger partial charge on any atom is 0.142 e. The van der Waals surface area contributed by atoms with E-state index in [4.69, 9.17) is 23.2 Å². The molecule has 2 rings (SSSR count). The van der Waals surface area contributed by atoms with Crippen molar-refractivity contribution in [3.63, 3.8) is 0 Å². The molecule has 1 atom stereocenters. The SMILES string of the molecule is CC(NCCc1nccs1)c1cc(F)c(Cl)cc1Cl. The van der Waals surface area contributed by atoms with E-state index in [0.717, 1.165) is 18.0 Å². The lowest BCUT2D eigenvalue weighted by Gasteiger charge is -2.16. The van der Waals surface area contributed by atoms with Gasteiger partial charge in [-0.3, -0.25) is 0 Å². The minimum absolute atomic E-state index is 0.0424. The van der Waals surface area contributed by atoms with E-state index in [1.807, 2.05) is 12.3 Å². The Hall–Kier alpha value is -0.680. The third kappa shape index (κ3) is 3.89. The molecule has 1 unspecified atom stereocenters. The summed E-state index contributed by atoms with van der Waals surface area (Å²) in [4.78, 5) is 4.20. The third-order valence-corrected chi connectivity index (χ3v) is 4.24. The summed E-state index contributed by atoms with van der Waals surface area (Å²) in [5.41, 5.74) is 0.711. The van der Waals surface area contributed by atoms with Crippen LogP contribution in [0.2, 0.25) is 10.0 Å². The van der Waals surface area contributed by atoms with Crippen molar-refractivity contribution >= 4 is 34.5 Å². The fourth-order valence-electron chi connectivity index (χ4n) is 1.75. The van der Waals surface area contributed by atoms with Crippen molar-refractivity contribution in [2.45, 2.75) is 19.4 Å². The van der Waals surface area contributed by atoms with Gasteiger partial charge in [0.05, 0.1) is 10.0 Å². The number of thiazole rings is 1. The van der Waals surface area contributed by atoms with Crippen molar-refractivity contribution < 1.29 is 4.39 Å². The molecule has 0 spiro atoms. The van der Waals surface area contributed by atoms with Gasteiger partial charge in [-0.1, -0.05) is 23.2 Å². The second kappa shape index (κ2) is 6.66. The van der Waals surface area contributed by atoms with E-state index in [1.54, 1.807) is 17.5 Å². The molecule has 102 valence electrons. The van der Waals surface area contributed by atoms with Gasteiger partial charge < -0.3 is 5.32 Å². The average Bonchev–Trinajstić information content (AvgIpc) is 2.86. The molecule has 6 heteroatoms. The van der Waals surface area contributed by atoms with Crippen LogP contribution < -0.4 is 5.32 Å². The molecule has 2 aromatic rings. The number of benzene rings is 1. The van der Waals surface area contributed by atoms with Crippen LogP contribution in [0.1, 0.15) is 23.5 Å². The van der Waals surface area contributed by atoms with Crippen LogP contribution in [0.5, 0.6) is 0 Å². The molecule has 0 aliphatic carbocycles. The monoisotopic (exact) mass is 318 g/mol. The molecule has 1 aromatic heterocycles. The van der Waals surface area contributed by atoms with Crippen LogP contribution >= 0.6 is 34.5 Å². The van der Waals surface area contributed by atoms with E-state index in [0.29, 0.717) is 10.6 Å². The second-order valence-electron chi connectivity index (χ2n) is 4.14. The highest BCUT2D eigenvalue weighted by atomic mass is 35.5. The molecular weight excluding hydrogens is 306 g/mol. The minimum atomic E-state index is -0.449. The molecule has 19 heavy (non-hydrogen) atoms. The van der Waals surface area contributed by atoms with Gasteiger partial charge in [-0.25, -0.2) is 9.37 Å². The Bertz CT molecular complexity index is 546. The van der Waals surface area contributed by atoms with E-state index in [2.05, 4.69) is 10.3 Å². The van der Waals surface area contributed by atoms with Crippen LogP contribution in [-0.4, -0.2) is 11.5 Å². The summed E-state index contributed by atoms with van der Waals surface area (Å²) in [6.07, 6.45) is 2.63. The van der Waals surface area contributed by atoms with Gasteiger partial charge in [0.2, 0.25) is 0 Å². The van der Waals surface area contributed by atoms with E-state index in [1.165, 1.54) is 12.1 Å². The molecule has 1 N–H and O–H groups in total. The number of halogens is 3. The summed E-state index contributed by atoms with van der Waals surface area (Å²) in [7, 11) is 0. The number of aromatic nitrogens is 1. The van der Waals surface area contributed by atoms with Gasteiger partial charge in [-0.15, -0.1) is 11.3 Å². The van der Waals surface area contributed by atoms with Gasteiger partial charge in [-0.05, 0) is 24.6 Å². The van der Waals surface area contributed by atoms with Crippen LogP contribution in [0.3, 0.4) is 0 Å². The molecule has 2 nitrogen and oxygen atoms in total. The molecule has 0 amide bonds. The van der Waals surface area contributed by atoms with Gasteiger partial charge in [0, 0.05) is 35.6 Å². The molecule has 1 heterocycles. The Morgan fingerprint density at radius 3 is 2.84 bits per heavy atom. The molecule has 1 aromatic carbocycles. The van der Waals surface area contributed by atoms with Crippen LogP contribution in [-0.2, 0) is 6.42 Å². The van der Waals surface area contributed by atoms with Crippen molar-refractivity contribution in [1.82, 2.24) is 10.3 Å². The van der Waals surface area contributed by atoms with Crippen LogP contribution in [0.4, 0.5) is 4.39 Å². The van der Waals surface area contributed by atoms with Gasteiger partial charge in [0.25, 0.3) is 0 Å². The summed E-state index contributed by atoms with van der Waals surface area (Å²) in [5, 5.41) is 6.84. The summed E-state index contributed by atoms with van der Waals surface area (Å²) >= 11 is 13.4. The Kier molecular flexibility index (Phi) is 5.16. The Balaban J connectivity index is 1.96. The van der Waals surface area contributed by atoms with Crippen LogP contribution in [0.25, 0.3) is 0 Å². The summed E-state index contributed by atoms with van der Waals surface area (Å²) in [6, 6.07) is 2.78. The first-order chi connectivity index (χ1) is 9.08. The van der Waals surface area contributed by atoms with E-state index < -0.39 is 5.82 Å². The first-order valence-electron chi connectivity index (χ1n) is 5.84. The fraction of sp³-hybridized carbons (Fsp3) is 0.308. The molecule has 0 saturated carbocycles. The van der Waals surface area contributed by atoms with Gasteiger partial charge in [0.1, 0.15) is 5.82 Å². The highest BCUT2D eigenvalue weighted by molar-refractivity contribution is 7.09. The first-order valence-corrected chi connectivity index (χ1v) is 7.47. The Morgan fingerprint density at radius 2 is 2.16 bits per heavy atom. The topological polar surface area (TPSA) is 24.9 Å². The Labute approximate surface area is 125 Å². The van der Waals surface area contributed by atoms with Crippen molar-refractivity contribution in [1.29, 1.82) is 0 Å². The lowest BCUT2D eigenvalue weighted by molar-refractivity contribution is 0.567. The zero-order chi connectivity index (χ0) is 13.8. The molecular formula is C13H13Cl2FN2S. The largest absolute Gasteiger partial charge is 0.310 e. The maximum absolute atomic E-state index is 13.4. The number of hydrogen-bond donors (Lipinski definition) is 1. The van der Waals surface area contributed by atoms with Crippen LogP contribution in [0.15, 0.2) is 23.7 Å². The molecule has 0 aliphatic heterocycles. The summed E-state index contributed by atoms with van der Waals surface area (Å²) < 4.78 is 13.4. The van der Waals surface area contributed by atoms with Crippen molar-refractivity contribution in [3.8, 4) is 0 Å². The normalized spacial score (nSPS) is 12.6. The highest BCUT2D eigenvalue weighted by Crippen LogP contribution is 2.28. The molecule has 0 radical (unpaired) electrons.